The summed E-state index contributed by atoms with van der Waals surface area (Å²) in [5.41, 5.74) is 1.73. The van der Waals surface area contributed by atoms with Crippen molar-refractivity contribution >= 4 is 15.8 Å². The minimum atomic E-state index is -3.80. The predicted octanol–water partition coefficient (Wildman–Crippen LogP) is 4.84. The van der Waals surface area contributed by atoms with Gasteiger partial charge in [0.15, 0.2) is 9.84 Å². The Morgan fingerprint density at radius 3 is 2.23 bits per heavy atom. The van der Waals surface area contributed by atoms with E-state index in [-0.39, 0.29) is 21.6 Å². The fourth-order valence-electron chi connectivity index (χ4n) is 6.91. The van der Waals surface area contributed by atoms with E-state index in [1.165, 1.54) is 31.4 Å². The minimum Gasteiger partial charge on any atom is -0.496 e. The Kier molecular flexibility index (Phi) is 4.88. The molecule has 0 heterocycles. The molecule has 0 atom stereocenters. The van der Waals surface area contributed by atoms with E-state index in [4.69, 9.17) is 4.74 Å². The fraction of sp³-hybridized carbons (Fsp3) is 0.480. The summed E-state index contributed by atoms with van der Waals surface area (Å²) in [4.78, 5) is 11.4. The number of sulfone groups is 1. The highest BCUT2D eigenvalue weighted by Gasteiger charge is 2.52. The van der Waals surface area contributed by atoms with Crippen LogP contribution < -0.4 is 4.74 Å². The first-order valence-electron chi connectivity index (χ1n) is 11.0. The fourth-order valence-corrected chi connectivity index (χ4v) is 8.46. The average Bonchev–Trinajstić information content (AvgIpc) is 2.72. The summed E-state index contributed by atoms with van der Waals surface area (Å²) in [5.74, 6) is 1.69. The van der Waals surface area contributed by atoms with Crippen LogP contribution in [0.25, 0.3) is 0 Å². The maximum absolute atomic E-state index is 13.1. The lowest BCUT2D eigenvalue weighted by Crippen LogP contribution is -2.48. The SMILES string of the molecule is COc1ccc(CS(=O)(=O)c2ccccc2C(=O)O)cc1C12CC3CC(CC(C3)C1)C2. The van der Waals surface area contributed by atoms with Gasteiger partial charge in [-0.3, -0.25) is 0 Å². The van der Waals surface area contributed by atoms with Gasteiger partial charge in [-0.05, 0) is 85.5 Å². The van der Waals surface area contributed by atoms with Gasteiger partial charge in [-0.15, -0.1) is 0 Å². The number of carboxylic acid groups (broad SMARTS) is 1. The van der Waals surface area contributed by atoms with Crippen LogP contribution in [-0.2, 0) is 21.0 Å². The van der Waals surface area contributed by atoms with E-state index in [9.17, 15) is 18.3 Å². The van der Waals surface area contributed by atoms with Crippen molar-refractivity contribution in [2.24, 2.45) is 17.8 Å². The van der Waals surface area contributed by atoms with Crippen LogP contribution in [0, 0.1) is 17.8 Å². The number of methoxy groups -OCH3 is 1. The van der Waals surface area contributed by atoms with Gasteiger partial charge in [0, 0.05) is 5.56 Å². The number of benzene rings is 2. The number of rotatable bonds is 6. The Labute approximate surface area is 183 Å². The Bertz CT molecular complexity index is 1100. The molecule has 4 aliphatic rings. The third-order valence-corrected chi connectivity index (χ3v) is 9.42. The molecule has 0 amide bonds. The zero-order chi connectivity index (χ0) is 21.8. The van der Waals surface area contributed by atoms with Gasteiger partial charge in [0.2, 0.25) is 0 Å². The molecule has 0 spiro atoms. The highest BCUT2D eigenvalue weighted by atomic mass is 32.2. The van der Waals surface area contributed by atoms with Crippen LogP contribution in [0.1, 0.15) is 60.0 Å². The van der Waals surface area contributed by atoms with Gasteiger partial charge in [0.25, 0.3) is 0 Å². The number of carbonyl (C=O) groups is 1. The summed E-state index contributed by atoms with van der Waals surface area (Å²) < 4.78 is 32.0. The molecule has 5 nitrogen and oxygen atoms in total. The molecule has 164 valence electrons. The maximum atomic E-state index is 13.1. The molecular formula is C25H28O5S. The van der Waals surface area contributed by atoms with Crippen molar-refractivity contribution in [1.29, 1.82) is 0 Å². The molecule has 0 aliphatic heterocycles. The van der Waals surface area contributed by atoms with Crippen molar-refractivity contribution in [1.82, 2.24) is 0 Å². The van der Waals surface area contributed by atoms with Crippen LogP contribution in [0.3, 0.4) is 0 Å². The number of carboxylic acids is 1. The average molecular weight is 441 g/mol. The summed E-state index contributed by atoms with van der Waals surface area (Å²) in [6, 6.07) is 11.5. The molecule has 0 saturated heterocycles. The van der Waals surface area contributed by atoms with Crippen molar-refractivity contribution in [3.63, 3.8) is 0 Å². The molecule has 4 aliphatic carbocycles. The van der Waals surface area contributed by atoms with E-state index in [0.29, 0.717) is 5.56 Å². The largest absolute Gasteiger partial charge is 0.496 e. The second-order valence-corrected chi connectivity index (χ2v) is 11.8. The van der Waals surface area contributed by atoms with Crippen LogP contribution in [0.5, 0.6) is 5.75 Å². The van der Waals surface area contributed by atoms with Crippen molar-refractivity contribution in [3.05, 3.63) is 59.2 Å². The quantitative estimate of drug-likeness (QED) is 0.695. The highest BCUT2D eigenvalue weighted by Crippen LogP contribution is 2.62. The standard InChI is InChI=1S/C25H28O5S/c1-30-22-7-6-16(15-31(28,29)23-5-3-2-4-20(23)24(26)27)11-21(22)25-12-17-8-18(13-25)10-19(9-17)14-25/h2-7,11,17-19H,8-10,12-15H2,1H3,(H,26,27). The number of aromatic carboxylic acids is 1. The minimum absolute atomic E-state index is 0.0822. The van der Waals surface area contributed by atoms with E-state index in [2.05, 4.69) is 0 Å². The Morgan fingerprint density at radius 2 is 1.65 bits per heavy atom. The smallest absolute Gasteiger partial charge is 0.337 e. The third-order valence-electron chi connectivity index (χ3n) is 7.68. The lowest BCUT2D eigenvalue weighted by molar-refractivity contribution is -0.00618. The molecule has 0 aromatic heterocycles. The maximum Gasteiger partial charge on any atom is 0.337 e. The molecule has 4 saturated carbocycles. The van der Waals surface area contributed by atoms with E-state index >= 15 is 0 Å². The predicted molar refractivity (Wildman–Crippen MR) is 117 cm³/mol. The van der Waals surface area contributed by atoms with Crippen LogP contribution in [0.2, 0.25) is 0 Å². The van der Waals surface area contributed by atoms with Gasteiger partial charge >= 0.3 is 5.97 Å². The van der Waals surface area contributed by atoms with Crippen LogP contribution in [0.4, 0.5) is 0 Å². The molecule has 4 fully saturated rings. The summed E-state index contributed by atoms with van der Waals surface area (Å²) in [6.07, 6.45) is 7.49. The molecule has 31 heavy (non-hydrogen) atoms. The first-order chi connectivity index (χ1) is 14.8. The van der Waals surface area contributed by atoms with Crippen LogP contribution in [0.15, 0.2) is 47.4 Å². The van der Waals surface area contributed by atoms with Gasteiger partial charge in [-0.1, -0.05) is 24.3 Å². The molecule has 0 radical (unpaired) electrons. The van der Waals surface area contributed by atoms with Gasteiger partial charge < -0.3 is 9.84 Å². The molecule has 1 N–H and O–H groups in total. The summed E-state index contributed by atoms with van der Waals surface area (Å²) in [5, 5.41) is 9.42. The number of ether oxygens (including phenoxy) is 1. The molecular weight excluding hydrogens is 412 g/mol. The van der Waals surface area contributed by atoms with E-state index in [1.54, 1.807) is 25.3 Å². The monoisotopic (exact) mass is 440 g/mol. The summed E-state index contributed by atoms with van der Waals surface area (Å²) >= 11 is 0. The second-order valence-electron chi connectivity index (χ2n) is 9.79. The van der Waals surface area contributed by atoms with Crippen molar-refractivity contribution in [3.8, 4) is 5.75 Å². The zero-order valence-electron chi connectivity index (χ0n) is 17.7. The van der Waals surface area contributed by atoms with Gasteiger partial charge in [0.05, 0.1) is 23.3 Å². The topological polar surface area (TPSA) is 80.7 Å². The zero-order valence-corrected chi connectivity index (χ0v) is 18.5. The molecule has 6 heteroatoms. The first-order valence-corrected chi connectivity index (χ1v) is 12.7. The summed E-state index contributed by atoms with van der Waals surface area (Å²) in [6.45, 7) is 0. The molecule has 4 bridgehead atoms. The van der Waals surface area contributed by atoms with E-state index < -0.39 is 15.8 Å². The lowest BCUT2D eigenvalue weighted by Gasteiger charge is -2.57. The van der Waals surface area contributed by atoms with E-state index in [1.807, 2.05) is 12.1 Å². The Morgan fingerprint density at radius 1 is 1.03 bits per heavy atom. The molecule has 0 unspecified atom stereocenters. The molecule has 2 aromatic rings. The van der Waals surface area contributed by atoms with Crippen molar-refractivity contribution in [2.75, 3.05) is 7.11 Å². The Hall–Kier alpha value is -2.34. The normalized spacial score (nSPS) is 29.1. The van der Waals surface area contributed by atoms with E-state index in [0.717, 1.165) is 48.3 Å². The summed E-state index contributed by atoms with van der Waals surface area (Å²) in [7, 11) is -2.12. The van der Waals surface area contributed by atoms with Crippen LogP contribution >= 0.6 is 0 Å². The van der Waals surface area contributed by atoms with Gasteiger partial charge in [-0.25, -0.2) is 13.2 Å². The second kappa shape index (κ2) is 7.37. The molecule has 2 aromatic carbocycles. The van der Waals surface area contributed by atoms with Crippen molar-refractivity contribution in [2.45, 2.75) is 54.6 Å². The van der Waals surface area contributed by atoms with Gasteiger partial charge in [-0.2, -0.15) is 0 Å². The number of hydrogen-bond donors (Lipinski definition) is 1. The van der Waals surface area contributed by atoms with Crippen LogP contribution in [-0.4, -0.2) is 26.6 Å². The van der Waals surface area contributed by atoms with Gasteiger partial charge in [0.1, 0.15) is 5.75 Å². The highest BCUT2D eigenvalue weighted by molar-refractivity contribution is 7.90. The third kappa shape index (κ3) is 3.55. The lowest BCUT2D eigenvalue weighted by atomic mass is 9.48. The van der Waals surface area contributed by atoms with Crippen molar-refractivity contribution < 1.29 is 23.1 Å². The Balaban J connectivity index is 1.52. The molecule has 6 rings (SSSR count). The first kappa shape index (κ1) is 20.6. The number of hydrogen-bond acceptors (Lipinski definition) is 4.